The van der Waals surface area contributed by atoms with Gasteiger partial charge in [0.25, 0.3) is 0 Å². The van der Waals surface area contributed by atoms with Gasteiger partial charge in [0.1, 0.15) is 11.5 Å². The van der Waals surface area contributed by atoms with Gasteiger partial charge in [0.2, 0.25) is 0 Å². The molecule has 22 heavy (non-hydrogen) atoms. The highest BCUT2D eigenvalue weighted by Crippen LogP contribution is 2.28. The largest absolute Gasteiger partial charge is 0.457 e. The molecule has 0 saturated heterocycles. The summed E-state index contributed by atoms with van der Waals surface area (Å²) in [4.78, 5) is 4.23. The van der Waals surface area contributed by atoms with Crippen LogP contribution in [0, 0.1) is 0 Å². The van der Waals surface area contributed by atoms with Gasteiger partial charge in [-0.05, 0) is 49.0 Å². The van der Waals surface area contributed by atoms with Crippen molar-refractivity contribution in [2.24, 2.45) is 10.7 Å². The summed E-state index contributed by atoms with van der Waals surface area (Å²) in [7, 11) is 0. The highest BCUT2D eigenvalue weighted by atomic mass is 16.5. The minimum Gasteiger partial charge on any atom is -0.457 e. The number of nitrogen functional groups attached to an aromatic ring is 1. The fourth-order valence-corrected chi connectivity index (χ4v) is 2.03. The third-order valence-electron chi connectivity index (χ3n) is 3.10. The Labute approximate surface area is 131 Å². The number of para-hydroxylation sites is 1. The smallest absolute Gasteiger partial charge is 0.131 e. The third kappa shape index (κ3) is 4.38. The summed E-state index contributed by atoms with van der Waals surface area (Å²) in [6.07, 6.45) is 3.97. The van der Waals surface area contributed by atoms with E-state index in [1.807, 2.05) is 55.5 Å². The van der Waals surface area contributed by atoms with Gasteiger partial charge >= 0.3 is 0 Å². The Morgan fingerprint density at radius 2 is 1.95 bits per heavy atom. The average Bonchev–Trinajstić information content (AvgIpc) is 2.54. The van der Waals surface area contributed by atoms with E-state index in [0.29, 0.717) is 12.1 Å². The number of hydrogen-bond acceptors (Lipinski definition) is 4. The van der Waals surface area contributed by atoms with Crippen LogP contribution in [0.4, 0.5) is 5.69 Å². The summed E-state index contributed by atoms with van der Waals surface area (Å²) in [5.41, 5.74) is 14.2. The molecule has 0 amide bonds. The molecule has 2 rings (SSSR count). The zero-order chi connectivity index (χ0) is 15.8. The molecule has 0 saturated carbocycles. The van der Waals surface area contributed by atoms with Gasteiger partial charge in [0, 0.05) is 30.4 Å². The van der Waals surface area contributed by atoms with Crippen LogP contribution < -0.4 is 16.2 Å². The van der Waals surface area contributed by atoms with Crippen molar-refractivity contribution < 1.29 is 4.74 Å². The van der Waals surface area contributed by atoms with Crippen LogP contribution in [0.2, 0.25) is 0 Å². The maximum atomic E-state index is 5.95. The van der Waals surface area contributed by atoms with Crippen molar-refractivity contribution in [1.29, 1.82) is 0 Å². The van der Waals surface area contributed by atoms with E-state index in [9.17, 15) is 0 Å². The molecule has 0 aliphatic heterocycles. The number of anilines is 1. The Balaban J connectivity index is 2.26. The molecule has 0 aliphatic rings. The third-order valence-corrected chi connectivity index (χ3v) is 3.10. The van der Waals surface area contributed by atoms with Crippen molar-refractivity contribution in [2.45, 2.75) is 13.3 Å². The van der Waals surface area contributed by atoms with E-state index in [-0.39, 0.29) is 0 Å². The number of ether oxygens (including phenoxy) is 1. The SMILES string of the molecule is CCN=C/C(=C\N)Cc1cc(N)ccc1Oc1ccccc1. The van der Waals surface area contributed by atoms with Gasteiger partial charge < -0.3 is 16.2 Å². The molecule has 0 bridgehead atoms. The minimum absolute atomic E-state index is 0.618. The van der Waals surface area contributed by atoms with Crippen molar-refractivity contribution in [2.75, 3.05) is 12.3 Å². The molecule has 114 valence electrons. The van der Waals surface area contributed by atoms with Crippen LogP contribution >= 0.6 is 0 Å². The van der Waals surface area contributed by atoms with Gasteiger partial charge in [-0.15, -0.1) is 0 Å². The monoisotopic (exact) mass is 295 g/mol. The van der Waals surface area contributed by atoms with Gasteiger partial charge in [-0.25, -0.2) is 0 Å². The van der Waals surface area contributed by atoms with Gasteiger partial charge in [-0.1, -0.05) is 18.2 Å². The molecule has 0 spiro atoms. The Hall–Kier alpha value is -2.75. The summed E-state index contributed by atoms with van der Waals surface area (Å²) in [5.74, 6) is 1.55. The first kappa shape index (κ1) is 15.6. The van der Waals surface area contributed by atoms with Gasteiger partial charge in [0.05, 0.1) is 0 Å². The van der Waals surface area contributed by atoms with Crippen molar-refractivity contribution in [3.63, 3.8) is 0 Å². The molecule has 4 nitrogen and oxygen atoms in total. The van der Waals surface area contributed by atoms with Crippen LogP contribution in [-0.4, -0.2) is 12.8 Å². The fraction of sp³-hybridized carbons (Fsp3) is 0.167. The lowest BCUT2D eigenvalue weighted by Gasteiger charge is -2.12. The zero-order valence-corrected chi connectivity index (χ0v) is 12.7. The van der Waals surface area contributed by atoms with E-state index in [0.717, 1.165) is 29.2 Å². The molecule has 2 aromatic rings. The molecular formula is C18H21N3O. The quantitative estimate of drug-likeness (QED) is 0.632. The van der Waals surface area contributed by atoms with Crippen LogP contribution in [0.3, 0.4) is 0 Å². The molecule has 0 fully saturated rings. The summed E-state index contributed by atoms with van der Waals surface area (Å²) in [5, 5.41) is 0. The molecule has 0 aliphatic carbocycles. The maximum Gasteiger partial charge on any atom is 0.131 e. The van der Waals surface area contributed by atoms with Crippen LogP contribution in [0.15, 0.2) is 65.3 Å². The molecule has 2 aromatic carbocycles. The number of nitrogens with zero attached hydrogens (tertiary/aromatic N) is 1. The number of rotatable bonds is 6. The fourth-order valence-electron chi connectivity index (χ4n) is 2.03. The second-order valence-corrected chi connectivity index (χ2v) is 4.83. The number of allylic oxidation sites excluding steroid dienone is 1. The predicted octanol–water partition coefficient (Wildman–Crippen LogP) is 3.54. The second kappa shape index (κ2) is 7.88. The number of nitrogens with two attached hydrogens (primary N) is 2. The van der Waals surface area contributed by atoms with Crippen LogP contribution in [0.25, 0.3) is 0 Å². The lowest BCUT2D eigenvalue weighted by Crippen LogP contribution is -2.00. The topological polar surface area (TPSA) is 73.6 Å². The summed E-state index contributed by atoms with van der Waals surface area (Å²) >= 11 is 0. The van der Waals surface area contributed by atoms with E-state index in [4.69, 9.17) is 16.2 Å². The standard InChI is InChI=1S/C18H21N3O/c1-2-21-13-14(12-19)10-15-11-16(20)8-9-18(15)22-17-6-4-3-5-7-17/h3-9,11-13H,2,10,19-20H2,1H3/b14-12-,21-13?. The van der Waals surface area contributed by atoms with Crippen molar-refractivity contribution in [3.05, 3.63) is 65.9 Å². The lowest BCUT2D eigenvalue weighted by molar-refractivity contribution is 0.477. The van der Waals surface area contributed by atoms with E-state index >= 15 is 0 Å². The Bertz CT molecular complexity index is 663. The molecule has 0 radical (unpaired) electrons. The molecule has 0 heterocycles. The molecular weight excluding hydrogens is 274 g/mol. The average molecular weight is 295 g/mol. The maximum absolute atomic E-state index is 5.95. The molecule has 0 atom stereocenters. The highest BCUT2D eigenvalue weighted by Gasteiger charge is 2.07. The van der Waals surface area contributed by atoms with Crippen LogP contribution in [0.1, 0.15) is 12.5 Å². The van der Waals surface area contributed by atoms with Crippen LogP contribution in [0.5, 0.6) is 11.5 Å². The molecule has 4 N–H and O–H groups in total. The van der Waals surface area contributed by atoms with E-state index in [2.05, 4.69) is 4.99 Å². The van der Waals surface area contributed by atoms with Gasteiger partial charge in [-0.2, -0.15) is 0 Å². The van der Waals surface area contributed by atoms with Crippen LogP contribution in [-0.2, 0) is 6.42 Å². The lowest BCUT2D eigenvalue weighted by atomic mass is 10.0. The Morgan fingerprint density at radius 1 is 1.18 bits per heavy atom. The highest BCUT2D eigenvalue weighted by molar-refractivity contribution is 5.79. The Morgan fingerprint density at radius 3 is 2.64 bits per heavy atom. The van der Waals surface area contributed by atoms with Crippen molar-refractivity contribution in [1.82, 2.24) is 0 Å². The number of hydrogen-bond donors (Lipinski definition) is 2. The minimum atomic E-state index is 0.618. The zero-order valence-electron chi connectivity index (χ0n) is 12.7. The second-order valence-electron chi connectivity index (χ2n) is 4.83. The molecule has 0 aromatic heterocycles. The van der Waals surface area contributed by atoms with Crippen molar-refractivity contribution >= 4 is 11.9 Å². The Kier molecular flexibility index (Phi) is 5.60. The first-order valence-electron chi connectivity index (χ1n) is 7.24. The molecule has 0 unspecified atom stereocenters. The van der Waals surface area contributed by atoms with E-state index < -0.39 is 0 Å². The first-order chi connectivity index (χ1) is 10.7. The summed E-state index contributed by atoms with van der Waals surface area (Å²) < 4.78 is 5.95. The van der Waals surface area contributed by atoms with Gasteiger partial charge in [-0.3, -0.25) is 4.99 Å². The van der Waals surface area contributed by atoms with Gasteiger partial charge in [0.15, 0.2) is 0 Å². The number of benzene rings is 2. The normalized spacial score (nSPS) is 11.8. The van der Waals surface area contributed by atoms with Crippen molar-refractivity contribution in [3.8, 4) is 11.5 Å². The first-order valence-corrected chi connectivity index (χ1v) is 7.24. The number of aliphatic imine (C=N–C) groups is 1. The summed E-state index contributed by atoms with van der Waals surface area (Å²) in [6.45, 7) is 2.71. The van der Waals surface area contributed by atoms with E-state index in [1.54, 1.807) is 12.4 Å². The van der Waals surface area contributed by atoms with E-state index in [1.165, 1.54) is 0 Å². The predicted molar refractivity (Wildman–Crippen MR) is 92.4 cm³/mol. The summed E-state index contributed by atoms with van der Waals surface area (Å²) in [6, 6.07) is 15.3. The molecule has 4 heteroatoms.